The first-order chi connectivity index (χ1) is 14.9. The third-order valence-corrected chi connectivity index (χ3v) is 6.23. The fourth-order valence-corrected chi connectivity index (χ4v) is 4.13. The van der Waals surface area contributed by atoms with E-state index < -0.39 is 5.60 Å². The summed E-state index contributed by atoms with van der Waals surface area (Å²) in [5, 5.41) is 2.99. The number of carbonyl (C=O) groups is 1. The van der Waals surface area contributed by atoms with Gasteiger partial charge in [0, 0.05) is 17.7 Å². The standard InChI is InChI=1S/C27H29NO3/c1-18-19(2)25-23(20(3)24(18)30-17-21-11-7-5-8-12-21)15-16-27(4,31-25)26(29)28-22-13-9-6-10-14-22/h5-14H,15-17H2,1-4H3,(H,28,29). The smallest absolute Gasteiger partial charge is 0.268 e. The number of benzene rings is 3. The second-order valence-corrected chi connectivity index (χ2v) is 8.44. The highest BCUT2D eigenvalue weighted by Gasteiger charge is 2.41. The fourth-order valence-electron chi connectivity index (χ4n) is 4.13. The van der Waals surface area contributed by atoms with Crippen LogP contribution in [0.1, 0.15) is 41.2 Å². The molecule has 160 valence electrons. The number of nitrogens with one attached hydrogen (secondary N) is 1. The average molecular weight is 416 g/mol. The van der Waals surface area contributed by atoms with Crippen molar-refractivity contribution < 1.29 is 14.3 Å². The van der Waals surface area contributed by atoms with E-state index in [1.165, 1.54) is 0 Å². The molecule has 0 fully saturated rings. The molecule has 1 atom stereocenters. The minimum absolute atomic E-state index is 0.122. The molecule has 0 radical (unpaired) electrons. The third-order valence-electron chi connectivity index (χ3n) is 6.23. The van der Waals surface area contributed by atoms with Crippen molar-refractivity contribution in [1.82, 2.24) is 0 Å². The Kier molecular flexibility index (Phi) is 5.73. The van der Waals surface area contributed by atoms with Gasteiger partial charge in [-0.05, 0) is 68.5 Å². The summed E-state index contributed by atoms with van der Waals surface area (Å²) in [5.74, 6) is 1.61. The van der Waals surface area contributed by atoms with Gasteiger partial charge >= 0.3 is 0 Å². The number of hydrogen-bond donors (Lipinski definition) is 1. The normalized spacial score (nSPS) is 17.4. The number of fused-ring (bicyclic) bond motifs is 1. The fraction of sp³-hybridized carbons (Fsp3) is 0.296. The van der Waals surface area contributed by atoms with Gasteiger partial charge in [0.05, 0.1) is 0 Å². The Morgan fingerprint density at radius 1 is 0.968 bits per heavy atom. The number of hydrogen-bond acceptors (Lipinski definition) is 3. The Hall–Kier alpha value is -3.27. The topological polar surface area (TPSA) is 47.6 Å². The lowest BCUT2D eigenvalue weighted by Crippen LogP contribution is -2.48. The number of anilines is 1. The Morgan fingerprint density at radius 2 is 1.61 bits per heavy atom. The second-order valence-electron chi connectivity index (χ2n) is 8.44. The van der Waals surface area contributed by atoms with Gasteiger partial charge in [0.2, 0.25) is 0 Å². The number of ether oxygens (including phenoxy) is 2. The maximum absolute atomic E-state index is 13.0. The summed E-state index contributed by atoms with van der Waals surface area (Å²) in [4.78, 5) is 13.0. The second kappa shape index (κ2) is 8.46. The molecule has 0 spiro atoms. The van der Waals surface area contributed by atoms with Gasteiger partial charge in [0.25, 0.3) is 5.91 Å². The first kappa shape index (κ1) is 21.0. The van der Waals surface area contributed by atoms with Gasteiger partial charge < -0.3 is 14.8 Å². The highest BCUT2D eigenvalue weighted by atomic mass is 16.5. The zero-order valence-electron chi connectivity index (χ0n) is 18.6. The summed E-state index contributed by atoms with van der Waals surface area (Å²) < 4.78 is 12.6. The summed E-state index contributed by atoms with van der Waals surface area (Å²) in [7, 11) is 0. The van der Waals surface area contributed by atoms with Gasteiger partial charge in [-0.15, -0.1) is 0 Å². The molecular weight excluding hydrogens is 386 g/mol. The van der Waals surface area contributed by atoms with Crippen LogP contribution >= 0.6 is 0 Å². The number of rotatable bonds is 5. The van der Waals surface area contributed by atoms with E-state index in [0.717, 1.165) is 51.4 Å². The molecule has 1 N–H and O–H groups in total. The van der Waals surface area contributed by atoms with Crippen LogP contribution in [0.5, 0.6) is 11.5 Å². The molecule has 1 aliphatic rings. The summed E-state index contributed by atoms with van der Waals surface area (Å²) >= 11 is 0. The molecule has 31 heavy (non-hydrogen) atoms. The van der Waals surface area contributed by atoms with Crippen LogP contribution in [0.25, 0.3) is 0 Å². The molecule has 1 amide bonds. The van der Waals surface area contributed by atoms with E-state index in [1.54, 1.807) is 0 Å². The maximum atomic E-state index is 13.0. The molecule has 4 heteroatoms. The molecule has 0 bridgehead atoms. The van der Waals surface area contributed by atoms with Crippen LogP contribution in [0.4, 0.5) is 5.69 Å². The lowest BCUT2D eigenvalue weighted by Gasteiger charge is -2.37. The molecular formula is C27H29NO3. The Balaban J connectivity index is 1.59. The molecule has 3 aromatic rings. The summed E-state index contributed by atoms with van der Waals surface area (Å²) in [5.41, 5.74) is 5.31. The van der Waals surface area contributed by atoms with Crippen molar-refractivity contribution in [2.45, 2.75) is 52.7 Å². The third kappa shape index (κ3) is 4.15. The van der Waals surface area contributed by atoms with Crippen LogP contribution in [-0.4, -0.2) is 11.5 Å². The predicted octanol–water partition coefficient (Wildman–Crippen LogP) is 5.91. The Morgan fingerprint density at radius 3 is 2.29 bits per heavy atom. The van der Waals surface area contributed by atoms with Gasteiger partial charge in [-0.1, -0.05) is 48.5 Å². The number of para-hydroxylation sites is 1. The van der Waals surface area contributed by atoms with Crippen LogP contribution in [0, 0.1) is 20.8 Å². The van der Waals surface area contributed by atoms with Crippen molar-refractivity contribution in [2.75, 3.05) is 5.32 Å². The van der Waals surface area contributed by atoms with Crippen molar-refractivity contribution in [3.05, 3.63) is 88.5 Å². The van der Waals surface area contributed by atoms with E-state index in [1.807, 2.05) is 62.4 Å². The van der Waals surface area contributed by atoms with E-state index >= 15 is 0 Å². The minimum atomic E-state index is -0.918. The van der Waals surface area contributed by atoms with E-state index in [2.05, 4.69) is 31.3 Å². The lowest BCUT2D eigenvalue weighted by atomic mass is 9.86. The highest BCUT2D eigenvalue weighted by Crippen LogP contribution is 2.44. The van der Waals surface area contributed by atoms with Gasteiger partial charge in [-0.25, -0.2) is 0 Å². The summed E-state index contributed by atoms with van der Waals surface area (Å²) in [6.07, 6.45) is 1.38. The van der Waals surface area contributed by atoms with Gasteiger partial charge in [-0.3, -0.25) is 4.79 Å². The molecule has 0 saturated heterocycles. The number of amides is 1. The minimum Gasteiger partial charge on any atom is -0.488 e. The van der Waals surface area contributed by atoms with Crippen LogP contribution in [0.15, 0.2) is 60.7 Å². The molecule has 3 aromatic carbocycles. The van der Waals surface area contributed by atoms with Crippen molar-refractivity contribution >= 4 is 11.6 Å². The van der Waals surface area contributed by atoms with Crippen molar-refractivity contribution in [3.63, 3.8) is 0 Å². The van der Waals surface area contributed by atoms with E-state index in [-0.39, 0.29) is 5.91 Å². The van der Waals surface area contributed by atoms with E-state index in [0.29, 0.717) is 13.0 Å². The Labute approximate surface area is 184 Å². The highest BCUT2D eigenvalue weighted by molar-refractivity contribution is 5.97. The quantitative estimate of drug-likeness (QED) is 0.563. The number of carbonyl (C=O) groups excluding carboxylic acids is 1. The molecule has 1 unspecified atom stereocenters. The van der Waals surface area contributed by atoms with Crippen LogP contribution < -0.4 is 14.8 Å². The van der Waals surface area contributed by atoms with Crippen molar-refractivity contribution in [3.8, 4) is 11.5 Å². The average Bonchev–Trinajstić information content (AvgIpc) is 2.79. The van der Waals surface area contributed by atoms with Crippen molar-refractivity contribution in [1.29, 1.82) is 0 Å². The Bertz CT molecular complexity index is 1090. The van der Waals surface area contributed by atoms with Crippen LogP contribution in [0.2, 0.25) is 0 Å². The zero-order chi connectivity index (χ0) is 22.0. The van der Waals surface area contributed by atoms with Crippen LogP contribution in [0.3, 0.4) is 0 Å². The first-order valence-corrected chi connectivity index (χ1v) is 10.7. The van der Waals surface area contributed by atoms with Crippen molar-refractivity contribution in [2.24, 2.45) is 0 Å². The van der Waals surface area contributed by atoms with Crippen LogP contribution in [-0.2, 0) is 17.8 Å². The summed E-state index contributed by atoms with van der Waals surface area (Å²) in [6.45, 7) is 8.59. The lowest BCUT2D eigenvalue weighted by molar-refractivity contribution is -0.131. The molecule has 0 aromatic heterocycles. The first-order valence-electron chi connectivity index (χ1n) is 10.7. The van der Waals surface area contributed by atoms with Gasteiger partial charge in [0.15, 0.2) is 5.60 Å². The molecule has 0 saturated carbocycles. The molecule has 4 rings (SSSR count). The van der Waals surface area contributed by atoms with E-state index in [9.17, 15) is 4.79 Å². The monoisotopic (exact) mass is 415 g/mol. The van der Waals surface area contributed by atoms with Gasteiger partial charge in [0.1, 0.15) is 18.1 Å². The van der Waals surface area contributed by atoms with Gasteiger partial charge in [-0.2, -0.15) is 0 Å². The zero-order valence-corrected chi connectivity index (χ0v) is 18.6. The molecule has 1 heterocycles. The predicted molar refractivity (Wildman–Crippen MR) is 124 cm³/mol. The van der Waals surface area contributed by atoms with E-state index in [4.69, 9.17) is 9.47 Å². The largest absolute Gasteiger partial charge is 0.488 e. The molecule has 1 aliphatic heterocycles. The maximum Gasteiger partial charge on any atom is 0.268 e. The SMILES string of the molecule is Cc1c(C)c2c(c(C)c1OCc1ccccc1)CCC(C)(C(=O)Nc1ccccc1)O2. The summed E-state index contributed by atoms with van der Waals surface area (Å²) in [6, 6.07) is 19.7. The molecule has 4 nitrogen and oxygen atoms in total. The molecule has 0 aliphatic carbocycles.